The standard InChI is InChI=1S/C8H7NO2S/c9-5-2-8-4(1-6(5)10)7(11)3-12-8/h1-3,10-11H,9H2. The average Bonchev–Trinajstić information content (AvgIpc) is 2.35. The minimum absolute atomic E-state index is 0.0104. The number of fused-ring (bicyclic) bond motifs is 1. The fourth-order valence-corrected chi connectivity index (χ4v) is 1.92. The van der Waals surface area contributed by atoms with Gasteiger partial charge in [0.1, 0.15) is 11.5 Å². The summed E-state index contributed by atoms with van der Waals surface area (Å²) in [6, 6.07) is 3.12. The highest BCUT2D eigenvalue weighted by Gasteiger charge is 2.05. The molecule has 1 heterocycles. The van der Waals surface area contributed by atoms with Crippen molar-refractivity contribution in [2.24, 2.45) is 0 Å². The Morgan fingerprint density at radius 1 is 1.17 bits per heavy atom. The third-order valence-electron chi connectivity index (χ3n) is 1.70. The summed E-state index contributed by atoms with van der Waals surface area (Å²) in [6.45, 7) is 0. The molecule has 4 N–H and O–H groups in total. The Balaban J connectivity index is 2.87. The van der Waals surface area contributed by atoms with Crippen molar-refractivity contribution in [3.05, 3.63) is 17.5 Å². The van der Waals surface area contributed by atoms with E-state index in [9.17, 15) is 10.2 Å². The highest BCUT2D eigenvalue weighted by Crippen LogP contribution is 2.36. The molecule has 12 heavy (non-hydrogen) atoms. The first-order valence-corrected chi connectivity index (χ1v) is 4.25. The minimum atomic E-state index is 0.0104. The van der Waals surface area contributed by atoms with Gasteiger partial charge in [-0.2, -0.15) is 0 Å². The second-order valence-corrected chi connectivity index (χ2v) is 3.44. The number of nitrogen functional groups attached to an aromatic ring is 1. The van der Waals surface area contributed by atoms with Crippen LogP contribution in [-0.2, 0) is 0 Å². The summed E-state index contributed by atoms with van der Waals surface area (Å²) in [4.78, 5) is 0. The molecule has 1 aromatic heterocycles. The van der Waals surface area contributed by atoms with Crippen LogP contribution in [0.4, 0.5) is 5.69 Å². The van der Waals surface area contributed by atoms with Crippen LogP contribution >= 0.6 is 11.3 Å². The van der Waals surface area contributed by atoms with Gasteiger partial charge in [0.2, 0.25) is 0 Å². The van der Waals surface area contributed by atoms with E-state index in [1.54, 1.807) is 11.4 Å². The van der Waals surface area contributed by atoms with Crippen LogP contribution in [0.5, 0.6) is 11.5 Å². The van der Waals surface area contributed by atoms with Gasteiger partial charge < -0.3 is 15.9 Å². The number of phenolic OH excluding ortho intramolecular Hbond substituents is 1. The summed E-state index contributed by atoms with van der Waals surface area (Å²) in [5.41, 5.74) is 5.81. The zero-order valence-corrected chi connectivity index (χ0v) is 6.93. The van der Waals surface area contributed by atoms with Crippen LogP contribution in [0.25, 0.3) is 10.1 Å². The molecular weight excluding hydrogens is 174 g/mol. The quantitative estimate of drug-likeness (QED) is 0.429. The Morgan fingerprint density at radius 3 is 2.67 bits per heavy atom. The van der Waals surface area contributed by atoms with Crippen LogP contribution in [-0.4, -0.2) is 10.2 Å². The lowest BCUT2D eigenvalue weighted by Gasteiger charge is -1.97. The van der Waals surface area contributed by atoms with Gasteiger partial charge in [0.15, 0.2) is 0 Å². The van der Waals surface area contributed by atoms with Crippen LogP contribution < -0.4 is 5.73 Å². The maximum atomic E-state index is 9.29. The van der Waals surface area contributed by atoms with Crippen molar-refractivity contribution in [1.82, 2.24) is 0 Å². The van der Waals surface area contributed by atoms with E-state index in [4.69, 9.17) is 5.73 Å². The van der Waals surface area contributed by atoms with Gasteiger partial charge in [-0.25, -0.2) is 0 Å². The molecule has 62 valence electrons. The predicted octanol–water partition coefficient (Wildman–Crippen LogP) is 1.89. The monoisotopic (exact) mass is 181 g/mol. The van der Waals surface area contributed by atoms with E-state index in [-0.39, 0.29) is 11.5 Å². The third kappa shape index (κ3) is 0.887. The van der Waals surface area contributed by atoms with E-state index in [1.165, 1.54) is 17.4 Å². The molecule has 2 aromatic rings. The molecule has 0 bridgehead atoms. The molecule has 0 atom stereocenters. The molecule has 0 aliphatic rings. The Kier molecular flexibility index (Phi) is 1.38. The van der Waals surface area contributed by atoms with Crippen LogP contribution in [0.3, 0.4) is 0 Å². The third-order valence-corrected chi connectivity index (χ3v) is 2.64. The first kappa shape index (κ1) is 7.24. The SMILES string of the molecule is Nc1cc2scc(O)c2cc1O. The molecule has 0 spiro atoms. The Bertz CT molecular complexity index is 436. The van der Waals surface area contributed by atoms with Gasteiger partial charge in [0.25, 0.3) is 0 Å². The minimum Gasteiger partial charge on any atom is -0.506 e. The lowest BCUT2D eigenvalue weighted by molar-refractivity contribution is 0.474. The summed E-state index contributed by atoms with van der Waals surface area (Å²) in [5, 5.41) is 20.8. The number of anilines is 1. The number of nitrogens with two attached hydrogens (primary N) is 1. The molecule has 0 fully saturated rings. The number of benzene rings is 1. The zero-order chi connectivity index (χ0) is 8.72. The van der Waals surface area contributed by atoms with E-state index in [0.717, 1.165) is 4.70 Å². The molecule has 0 amide bonds. The normalized spacial score (nSPS) is 10.7. The van der Waals surface area contributed by atoms with E-state index in [0.29, 0.717) is 11.1 Å². The van der Waals surface area contributed by atoms with Crippen molar-refractivity contribution >= 4 is 27.1 Å². The van der Waals surface area contributed by atoms with Crippen molar-refractivity contribution in [3.63, 3.8) is 0 Å². The Hall–Kier alpha value is -1.42. The lowest BCUT2D eigenvalue weighted by atomic mass is 10.2. The maximum Gasteiger partial charge on any atom is 0.139 e. The first-order chi connectivity index (χ1) is 5.68. The molecule has 1 aromatic carbocycles. The second-order valence-electron chi connectivity index (χ2n) is 2.53. The molecule has 0 saturated carbocycles. The van der Waals surface area contributed by atoms with Crippen molar-refractivity contribution in [1.29, 1.82) is 0 Å². The highest BCUT2D eigenvalue weighted by molar-refractivity contribution is 7.17. The molecule has 0 aliphatic heterocycles. The smallest absolute Gasteiger partial charge is 0.139 e. The first-order valence-electron chi connectivity index (χ1n) is 3.37. The molecular formula is C8H7NO2S. The van der Waals surface area contributed by atoms with Gasteiger partial charge >= 0.3 is 0 Å². The van der Waals surface area contributed by atoms with Crippen LogP contribution in [0.1, 0.15) is 0 Å². The summed E-state index contributed by atoms with van der Waals surface area (Å²) in [6.07, 6.45) is 0. The Labute approximate surface area is 72.7 Å². The van der Waals surface area contributed by atoms with Crippen LogP contribution in [0.15, 0.2) is 17.5 Å². The van der Waals surface area contributed by atoms with Crippen molar-refractivity contribution in [3.8, 4) is 11.5 Å². The van der Waals surface area contributed by atoms with E-state index in [2.05, 4.69) is 0 Å². The predicted molar refractivity (Wildman–Crippen MR) is 49.6 cm³/mol. The van der Waals surface area contributed by atoms with Crippen LogP contribution in [0, 0.1) is 0 Å². The van der Waals surface area contributed by atoms with E-state index >= 15 is 0 Å². The highest BCUT2D eigenvalue weighted by atomic mass is 32.1. The summed E-state index contributed by atoms with van der Waals surface area (Å²) in [7, 11) is 0. The summed E-state index contributed by atoms with van der Waals surface area (Å²) >= 11 is 1.40. The maximum absolute atomic E-state index is 9.29. The van der Waals surface area contributed by atoms with E-state index < -0.39 is 0 Å². The largest absolute Gasteiger partial charge is 0.506 e. The topological polar surface area (TPSA) is 66.5 Å². The summed E-state index contributed by atoms with van der Waals surface area (Å²) in [5.74, 6) is 0.196. The van der Waals surface area contributed by atoms with Crippen LogP contribution in [0.2, 0.25) is 0 Å². The molecule has 0 radical (unpaired) electrons. The number of thiophene rings is 1. The number of aromatic hydroxyl groups is 2. The fourth-order valence-electron chi connectivity index (χ4n) is 1.06. The van der Waals surface area contributed by atoms with Crippen molar-refractivity contribution in [2.75, 3.05) is 5.73 Å². The molecule has 0 saturated heterocycles. The number of hydrogen-bond acceptors (Lipinski definition) is 4. The summed E-state index contributed by atoms with van der Waals surface area (Å²) < 4.78 is 0.878. The van der Waals surface area contributed by atoms with Gasteiger partial charge in [-0.1, -0.05) is 0 Å². The number of hydrogen-bond donors (Lipinski definition) is 3. The van der Waals surface area contributed by atoms with Gasteiger partial charge in [-0.3, -0.25) is 0 Å². The number of phenols is 1. The van der Waals surface area contributed by atoms with Gasteiger partial charge in [0, 0.05) is 15.5 Å². The van der Waals surface area contributed by atoms with Crippen molar-refractivity contribution in [2.45, 2.75) is 0 Å². The molecule has 4 heteroatoms. The zero-order valence-electron chi connectivity index (χ0n) is 6.11. The lowest BCUT2D eigenvalue weighted by Crippen LogP contribution is -1.83. The Morgan fingerprint density at radius 2 is 1.92 bits per heavy atom. The van der Waals surface area contributed by atoms with Gasteiger partial charge in [-0.05, 0) is 12.1 Å². The fraction of sp³-hybridized carbons (Fsp3) is 0. The van der Waals surface area contributed by atoms with Gasteiger partial charge in [0.05, 0.1) is 5.69 Å². The van der Waals surface area contributed by atoms with E-state index in [1.807, 2.05) is 0 Å². The molecule has 2 rings (SSSR count). The molecule has 0 unspecified atom stereocenters. The average molecular weight is 181 g/mol. The number of rotatable bonds is 0. The molecule has 3 nitrogen and oxygen atoms in total. The van der Waals surface area contributed by atoms with Crippen molar-refractivity contribution < 1.29 is 10.2 Å². The second kappa shape index (κ2) is 2.28. The molecule has 0 aliphatic carbocycles. The van der Waals surface area contributed by atoms with Gasteiger partial charge in [-0.15, -0.1) is 11.3 Å².